The van der Waals surface area contributed by atoms with E-state index in [2.05, 4.69) is 5.32 Å². The van der Waals surface area contributed by atoms with E-state index in [4.69, 9.17) is 25.8 Å². The van der Waals surface area contributed by atoms with Crippen molar-refractivity contribution in [3.8, 4) is 0 Å². The van der Waals surface area contributed by atoms with Crippen molar-refractivity contribution in [2.45, 2.75) is 71.8 Å². The third-order valence-corrected chi connectivity index (χ3v) is 5.94. The number of ether oxygens (including phenoxy) is 3. The van der Waals surface area contributed by atoms with Crippen LogP contribution in [0, 0.1) is 0 Å². The minimum atomic E-state index is -4.99. The molecule has 1 aromatic rings. The molecule has 0 aromatic heterocycles. The second kappa shape index (κ2) is 13.1. The predicted molar refractivity (Wildman–Crippen MR) is 137 cm³/mol. The maximum atomic E-state index is 13.4. The smallest absolute Gasteiger partial charge is 0.422 e. The Kier molecular flexibility index (Phi) is 11.4. The SMILES string of the molecule is CCOC(=O)CN(C(c1ccc(Cl)cc1)C(NC(=O)OC(C)(C)C)C(=O)O)S(=O)(=O)NC(=O)OC(C)(C)C. The lowest BCUT2D eigenvalue weighted by molar-refractivity contribution is -0.146. The Bertz CT molecular complexity index is 1110. The van der Waals surface area contributed by atoms with Crippen molar-refractivity contribution >= 4 is 45.9 Å². The zero-order valence-corrected chi connectivity index (χ0v) is 23.8. The van der Waals surface area contributed by atoms with E-state index in [9.17, 15) is 32.7 Å². The summed E-state index contributed by atoms with van der Waals surface area (Å²) < 4.78 is 44.0. The zero-order chi connectivity index (χ0) is 29.5. The number of hydrogen-bond donors (Lipinski definition) is 3. The summed E-state index contributed by atoms with van der Waals surface area (Å²) >= 11 is 5.96. The van der Waals surface area contributed by atoms with E-state index < -0.39 is 64.2 Å². The highest BCUT2D eigenvalue weighted by molar-refractivity contribution is 7.87. The number of rotatable bonds is 10. The van der Waals surface area contributed by atoms with Gasteiger partial charge in [-0.25, -0.2) is 19.1 Å². The molecule has 1 aromatic carbocycles. The van der Waals surface area contributed by atoms with Gasteiger partial charge in [-0.1, -0.05) is 23.7 Å². The molecule has 0 saturated heterocycles. The van der Waals surface area contributed by atoms with Gasteiger partial charge in [0.05, 0.1) is 12.6 Å². The van der Waals surface area contributed by atoms with Crippen molar-refractivity contribution in [1.29, 1.82) is 0 Å². The lowest BCUT2D eigenvalue weighted by Crippen LogP contribution is -2.56. The first-order valence-corrected chi connectivity index (χ1v) is 13.2. The van der Waals surface area contributed by atoms with Gasteiger partial charge in [-0.15, -0.1) is 0 Å². The van der Waals surface area contributed by atoms with Crippen LogP contribution in [0.25, 0.3) is 0 Å². The van der Waals surface area contributed by atoms with E-state index in [1.807, 2.05) is 0 Å². The number of nitrogens with zero attached hydrogens (tertiary/aromatic N) is 1. The van der Waals surface area contributed by atoms with Crippen molar-refractivity contribution in [1.82, 2.24) is 14.3 Å². The van der Waals surface area contributed by atoms with Gasteiger partial charge in [0.1, 0.15) is 17.7 Å². The number of halogens is 1. The van der Waals surface area contributed by atoms with Crippen molar-refractivity contribution < 1.29 is 46.9 Å². The van der Waals surface area contributed by atoms with Crippen molar-refractivity contribution in [3.05, 3.63) is 34.9 Å². The van der Waals surface area contributed by atoms with Crippen molar-refractivity contribution in [2.75, 3.05) is 13.2 Å². The van der Waals surface area contributed by atoms with E-state index in [1.165, 1.54) is 52.0 Å². The second-order valence-corrected chi connectivity index (χ2v) is 12.0. The molecule has 38 heavy (non-hydrogen) atoms. The Morgan fingerprint density at radius 3 is 1.92 bits per heavy atom. The third-order valence-electron chi connectivity index (χ3n) is 4.29. The Morgan fingerprint density at radius 2 is 1.47 bits per heavy atom. The molecule has 0 heterocycles. The highest BCUT2D eigenvalue weighted by atomic mass is 35.5. The summed E-state index contributed by atoms with van der Waals surface area (Å²) in [5.41, 5.74) is -2.09. The highest BCUT2D eigenvalue weighted by Crippen LogP contribution is 2.29. The van der Waals surface area contributed by atoms with Gasteiger partial charge in [0.2, 0.25) is 0 Å². The van der Waals surface area contributed by atoms with Crippen LogP contribution in [0.4, 0.5) is 9.59 Å². The monoisotopic (exact) mass is 579 g/mol. The normalized spacial score (nSPS) is 13.7. The Hall–Kier alpha value is -3.10. The van der Waals surface area contributed by atoms with Crippen LogP contribution in [-0.4, -0.2) is 72.4 Å². The number of carboxylic acid groups (broad SMARTS) is 1. The standard InChI is InChI=1S/C23H34ClN3O10S/c1-8-35-16(28)13-27(38(33,34)26-21(32)37-23(5,6)7)18(14-9-11-15(24)12-10-14)17(19(29)30)25-20(31)36-22(2,3)4/h9-12,17-18H,8,13H2,1-7H3,(H,25,31)(H,26,32)(H,29,30). The van der Waals surface area contributed by atoms with Gasteiger partial charge in [-0.3, -0.25) is 4.79 Å². The summed E-state index contributed by atoms with van der Waals surface area (Å²) in [6.45, 7) is 9.46. The molecule has 2 atom stereocenters. The molecule has 0 bridgehead atoms. The fraction of sp³-hybridized carbons (Fsp3) is 0.565. The molecule has 0 aliphatic rings. The maximum Gasteiger partial charge on any atom is 0.422 e. The second-order valence-electron chi connectivity index (χ2n) is 9.92. The first kappa shape index (κ1) is 32.9. The van der Waals surface area contributed by atoms with E-state index in [1.54, 1.807) is 25.5 Å². The molecular weight excluding hydrogens is 546 g/mol. The van der Waals surface area contributed by atoms with Gasteiger partial charge in [-0.2, -0.15) is 12.7 Å². The van der Waals surface area contributed by atoms with E-state index in [0.29, 0.717) is 4.31 Å². The van der Waals surface area contributed by atoms with E-state index in [-0.39, 0.29) is 17.2 Å². The Balaban J connectivity index is 3.72. The molecule has 0 fully saturated rings. The fourth-order valence-corrected chi connectivity index (χ4v) is 4.34. The molecule has 214 valence electrons. The first-order chi connectivity index (χ1) is 17.3. The predicted octanol–water partition coefficient (Wildman–Crippen LogP) is 2.99. The molecule has 2 unspecified atom stereocenters. The van der Waals surface area contributed by atoms with Gasteiger partial charge in [0, 0.05) is 5.02 Å². The number of aliphatic carboxylic acids is 1. The Labute approximate surface area is 226 Å². The van der Waals surface area contributed by atoms with Crippen LogP contribution in [-0.2, 0) is 34.0 Å². The van der Waals surface area contributed by atoms with Crippen LogP contribution >= 0.6 is 11.6 Å². The number of carbonyl (C=O) groups is 4. The molecule has 3 N–H and O–H groups in total. The molecule has 2 amide bonds. The first-order valence-electron chi connectivity index (χ1n) is 11.4. The average Bonchev–Trinajstić information content (AvgIpc) is 2.70. The summed E-state index contributed by atoms with van der Waals surface area (Å²) in [6, 6.07) is 1.53. The topological polar surface area (TPSA) is 178 Å². The van der Waals surface area contributed by atoms with Gasteiger partial charge in [0.25, 0.3) is 0 Å². The number of esters is 1. The number of amides is 2. The molecule has 1 rings (SSSR count). The van der Waals surface area contributed by atoms with Crippen LogP contribution in [0.5, 0.6) is 0 Å². The van der Waals surface area contributed by atoms with Crippen LogP contribution in [0.15, 0.2) is 24.3 Å². The quantitative estimate of drug-likeness (QED) is 0.275. The van der Waals surface area contributed by atoms with Crippen LogP contribution < -0.4 is 10.0 Å². The lowest BCUT2D eigenvalue weighted by Gasteiger charge is -2.34. The summed E-state index contributed by atoms with van der Waals surface area (Å²) in [5, 5.41) is 12.4. The van der Waals surface area contributed by atoms with Crippen LogP contribution in [0.3, 0.4) is 0 Å². The van der Waals surface area contributed by atoms with Crippen LogP contribution in [0.2, 0.25) is 5.02 Å². The van der Waals surface area contributed by atoms with Gasteiger partial charge >= 0.3 is 34.3 Å². The molecule has 0 spiro atoms. The number of carboxylic acids is 1. The molecule has 0 saturated carbocycles. The minimum absolute atomic E-state index is 0.0109. The van der Waals surface area contributed by atoms with Crippen molar-refractivity contribution in [3.63, 3.8) is 0 Å². The zero-order valence-electron chi connectivity index (χ0n) is 22.2. The molecular formula is C23H34ClN3O10S. The third kappa shape index (κ3) is 11.1. The highest BCUT2D eigenvalue weighted by Gasteiger charge is 2.44. The maximum absolute atomic E-state index is 13.4. The van der Waals surface area contributed by atoms with Gasteiger partial charge < -0.3 is 24.6 Å². The summed E-state index contributed by atoms with van der Waals surface area (Å²) in [5.74, 6) is -2.72. The summed E-state index contributed by atoms with van der Waals surface area (Å²) in [4.78, 5) is 49.7. The molecule has 0 aliphatic heterocycles. The fourth-order valence-electron chi connectivity index (χ4n) is 3.02. The number of benzene rings is 1. The number of carbonyl (C=O) groups excluding carboxylic acids is 3. The van der Waals surface area contributed by atoms with Gasteiger partial charge in [-0.05, 0) is 66.2 Å². The summed E-state index contributed by atoms with van der Waals surface area (Å²) in [7, 11) is -4.99. The lowest BCUT2D eigenvalue weighted by atomic mass is 9.99. The summed E-state index contributed by atoms with van der Waals surface area (Å²) in [6.07, 6.45) is -2.55. The molecule has 15 heteroatoms. The van der Waals surface area contributed by atoms with E-state index in [0.717, 1.165) is 0 Å². The molecule has 0 aliphatic carbocycles. The van der Waals surface area contributed by atoms with E-state index >= 15 is 0 Å². The van der Waals surface area contributed by atoms with Crippen molar-refractivity contribution in [2.24, 2.45) is 0 Å². The minimum Gasteiger partial charge on any atom is -0.480 e. The Morgan fingerprint density at radius 1 is 0.974 bits per heavy atom. The number of hydrogen-bond acceptors (Lipinski definition) is 9. The number of alkyl carbamates (subject to hydrolysis) is 1. The molecule has 13 nitrogen and oxygen atoms in total. The van der Waals surface area contributed by atoms with Crippen LogP contribution in [0.1, 0.15) is 60.1 Å². The number of nitrogens with one attached hydrogen (secondary N) is 2. The van der Waals surface area contributed by atoms with Gasteiger partial charge in [0.15, 0.2) is 6.04 Å². The largest absolute Gasteiger partial charge is 0.480 e. The molecule has 0 radical (unpaired) electrons. The average molecular weight is 580 g/mol.